The first kappa shape index (κ1) is 23.8. The normalized spacial score (nSPS) is 14.0. The zero-order valence-corrected chi connectivity index (χ0v) is 19.8. The summed E-state index contributed by atoms with van der Waals surface area (Å²) >= 11 is 1.71. The molecule has 3 N–H and O–H groups in total. The van der Waals surface area contributed by atoms with Crippen LogP contribution < -0.4 is 10.6 Å². The molecule has 1 atom stereocenters. The summed E-state index contributed by atoms with van der Waals surface area (Å²) < 4.78 is 1.68. The van der Waals surface area contributed by atoms with E-state index < -0.39 is 5.60 Å². The molecule has 0 amide bonds. The molecule has 0 bridgehead atoms. The average Bonchev–Trinajstić information content (AvgIpc) is 3.22. The average molecular weight is 506 g/mol. The van der Waals surface area contributed by atoms with Crippen molar-refractivity contribution in [2.24, 2.45) is 12.0 Å². The van der Waals surface area contributed by atoms with Gasteiger partial charge in [0.1, 0.15) is 5.60 Å². The first-order chi connectivity index (χ1) is 12.3. The lowest BCUT2D eigenvalue weighted by Gasteiger charge is -2.20. The van der Waals surface area contributed by atoms with Gasteiger partial charge in [-0.05, 0) is 13.8 Å². The summed E-state index contributed by atoms with van der Waals surface area (Å²) in [5, 5.41) is 24.6. The molecule has 27 heavy (non-hydrogen) atoms. The van der Waals surface area contributed by atoms with Gasteiger partial charge in [-0.25, -0.2) is 9.98 Å². The molecule has 0 saturated carbocycles. The van der Waals surface area contributed by atoms with E-state index in [-0.39, 0.29) is 30.5 Å². The zero-order valence-electron chi connectivity index (χ0n) is 16.7. The summed E-state index contributed by atoms with van der Waals surface area (Å²) in [4.78, 5) is 9.17. The molecule has 0 aromatic carbocycles. The molecule has 7 nitrogen and oxygen atoms in total. The molecular weight excluding hydrogens is 475 g/mol. The second kappa shape index (κ2) is 11.0. The number of nitrogens with zero attached hydrogens (tertiary/aromatic N) is 4. The molecule has 0 aliphatic heterocycles. The van der Waals surface area contributed by atoms with E-state index in [0.29, 0.717) is 11.9 Å². The Morgan fingerprint density at radius 3 is 2.70 bits per heavy atom. The van der Waals surface area contributed by atoms with Crippen molar-refractivity contribution in [1.29, 1.82) is 0 Å². The lowest BCUT2D eigenvalue weighted by molar-refractivity contribution is 0.0672. The van der Waals surface area contributed by atoms with Gasteiger partial charge in [-0.15, -0.1) is 35.3 Å². The predicted octanol–water partition coefficient (Wildman–Crippen LogP) is 2.62. The van der Waals surface area contributed by atoms with Crippen LogP contribution >= 0.6 is 35.3 Å². The van der Waals surface area contributed by atoms with Crippen molar-refractivity contribution >= 4 is 41.3 Å². The van der Waals surface area contributed by atoms with Gasteiger partial charge in [-0.1, -0.05) is 13.8 Å². The monoisotopic (exact) mass is 506 g/mol. The van der Waals surface area contributed by atoms with Crippen molar-refractivity contribution in [2.75, 3.05) is 19.6 Å². The number of guanidine groups is 1. The Morgan fingerprint density at radius 2 is 2.15 bits per heavy atom. The molecular formula is C18H31IN6OS. The van der Waals surface area contributed by atoms with E-state index >= 15 is 0 Å². The van der Waals surface area contributed by atoms with Crippen LogP contribution in [-0.4, -0.2) is 45.5 Å². The molecule has 2 aromatic rings. The van der Waals surface area contributed by atoms with E-state index in [4.69, 9.17) is 0 Å². The predicted molar refractivity (Wildman–Crippen MR) is 122 cm³/mol. The molecule has 2 rings (SSSR count). The molecule has 9 heteroatoms. The first-order valence-electron chi connectivity index (χ1n) is 8.99. The Kier molecular flexibility index (Phi) is 9.68. The van der Waals surface area contributed by atoms with E-state index in [0.717, 1.165) is 30.8 Å². The molecule has 0 radical (unpaired) electrons. The Balaban J connectivity index is 0.00000364. The van der Waals surface area contributed by atoms with Crippen LogP contribution in [0.25, 0.3) is 0 Å². The molecule has 0 aliphatic carbocycles. The fourth-order valence-electron chi connectivity index (χ4n) is 2.38. The standard InChI is InChI=1S/C18H30N6OS.HI/c1-6-19-17(20-8-7-15-11-26-16(23-15)13(2)3)21-12-18(4,25)14-9-22-24(5)10-14;/h9-11,13,25H,6-8,12H2,1-5H3,(H2,19,20,21);1H. The molecule has 0 saturated heterocycles. The highest BCUT2D eigenvalue weighted by molar-refractivity contribution is 14.0. The fourth-order valence-corrected chi connectivity index (χ4v) is 3.25. The maximum Gasteiger partial charge on any atom is 0.191 e. The van der Waals surface area contributed by atoms with Crippen molar-refractivity contribution in [1.82, 2.24) is 25.4 Å². The number of hydrogen-bond acceptors (Lipinski definition) is 5. The molecule has 1 unspecified atom stereocenters. The fraction of sp³-hybridized carbons (Fsp3) is 0.611. The Labute approximate surface area is 182 Å². The number of nitrogens with one attached hydrogen (secondary N) is 2. The highest BCUT2D eigenvalue weighted by Crippen LogP contribution is 2.20. The summed E-state index contributed by atoms with van der Waals surface area (Å²) in [5.41, 5.74) is 0.796. The first-order valence-corrected chi connectivity index (χ1v) is 9.87. The van der Waals surface area contributed by atoms with E-state index in [2.05, 4.69) is 44.9 Å². The molecule has 152 valence electrons. The Morgan fingerprint density at radius 1 is 1.41 bits per heavy atom. The van der Waals surface area contributed by atoms with Crippen molar-refractivity contribution < 1.29 is 5.11 Å². The summed E-state index contributed by atoms with van der Waals surface area (Å²) in [5.74, 6) is 1.16. The van der Waals surface area contributed by atoms with Gasteiger partial charge in [0.2, 0.25) is 0 Å². The number of thiazole rings is 1. The van der Waals surface area contributed by atoms with Crippen LogP contribution in [0.3, 0.4) is 0 Å². The van der Waals surface area contributed by atoms with Crippen LogP contribution in [-0.2, 0) is 19.1 Å². The third-order valence-corrected chi connectivity index (χ3v) is 5.15. The molecule has 0 fully saturated rings. The number of aromatic nitrogens is 3. The van der Waals surface area contributed by atoms with Gasteiger partial charge in [0, 0.05) is 49.6 Å². The van der Waals surface area contributed by atoms with Gasteiger partial charge < -0.3 is 15.7 Å². The summed E-state index contributed by atoms with van der Waals surface area (Å²) in [6.45, 7) is 9.83. The summed E-state index contributed by atoms with van der Waals surface area (Å²) in [7, 11) is 1.83. The van der Waals surface area contributed by atoms with Crippen LogP contribution in [0.2, 0.25) is 0 Å². The van der Waals surface area contributed by atoms with Gasteiger partial charge in [0.05, 0.1) is 23.4 Å². The third-order valence-electron chi connectivity index (χ3n) is 3.95. The van der Waals surface area contributed by atoms with Crippen molar-refractivity contribution in [3.05, 3.63) is 34.0 Å². The van der Waals surface area contributed by atoms with Crippen LogP contribution in [0.4, 0.5) is 0 Å². The van der Waals surface area contributed by atoms with Gasteiger partial charge >= 0.3 is 0 Å². The quantitative estimate of drug-likeness (QED) is 0.291. The van der Waals surface area contributed by atoms with E-state index in [9.17, 15) is 5.11 Å². The van der Waals surface area contributed by atoms with Gasteiger partial charge in [-0.3, -0.25) is 4.68 Å². The largest absolute Gasteiger partial charge is 0.383 e. The summed E-state index contributed by atoms with van der Waals surface area (Å²) in [6.07, 6.45) is 4.32. The molecule has 2 aromatic heterocycles. The second-order valence-corrected chi connectivity index (χ2v) is 7.77. The third kappa shape index (κ3) is 7.38. The number of rotatable bonds is 8. The number of aliphatic imine (C=N–C) groups is 1. The maximum atomic E-state index is 10.6. The van der Waals surface area contributed by atoms with Crippen LogP contribution in [0.15, 0.2) is 22.8 Å². The highest BCUT2D eigenvalue weighted by Gasteiger charge is 2.24. The topological polar surface area (TPSA) is 87.4 Å². The van der Waals surface area contributed by atoms with Gasteiger partial charge in [-0.2, -0.15) is 5.10 Å². The number of halogens is 1. The van der Waals surface area contributed by atoms with E-state index in [1.807, 2.05) is 20.2 Å². The van der Waals surface area contributed by atoms with Gasteiger partial charge in [0.15, 0.2) is 5.96 Å². The Bertz CT molecular complexity index is 725. The number of hydrogen-bond donors (Lipinski definition) is 3. The van der Waals surface area contributed by atoms with Crippen molar-refractivity contribution in [3.8, 4) is 0 Å². The highest BCUT2D eigenvalue weighted by atomic mass is 127. The van der Waals surface area contributed by atoms with Crippen LogP contribution in [0, 0.1) is 0 Å². The van der Waals surface area contributed by atoms with Crippen molar-refractivity contribution in [2.45, 2.75) is 45.6 Å². The smallest absolute Gasteiger partial charge is 0.191 e. The summed E-state index contributed by atoms with van der Waals surface area (Å²) in [6, 6.07) is 0. The van der Waals surface area contributed by atoms with Crippen molar-refractivity contribution in [3.63, 3.8) is 0 Å². The maximum absolute atomic E-state index is 10.6. The minimum atomic E-state index is -1.06. The zero-order chi connectivity index (χ0) is 19.2. The van der Waals surface area contributed by atoms with Crippen LogP contribution in [0.5, 0.6) is 0 Å². The molecule has 0 spiro atoms. The van der Waals surface area contributed by atoms with Crippen LogP contribution in [0.1, 0.15) is 49.9 Å². The molecule has 0 aliphatic rings. The number of aliphatic hydroxyl groups is 1. The second-order valence-electron chi connectivity index (χ2n) is 6.88. The minimum Gasteiger partial charge on any atom is -0.383 e. The van der Waals surface area contributed by atoms with E-state index in [1.54, 1.807) is 29.1 Å². The Hall–Kier alpha value is -1.20. The number of aryl methyl sites for hydroxylation is 1. The molecule has 2 heterocycles. The SMILES string of the molecule is CCNC(=NCC(C)(O)c1cnn(C)c1)NCCc1csc(C(C)C)n1.I. The minimum absolute atomic E-state index is 0. The lowest BCUT2D eigenvalue weighted by Crippen LogP contribution is -2.39. The lowest BCUT2D eigenvalue weighted by atomic mass is 10.0. The van der Waals surface area contributed by atoms with Gasteiger partial charge in [0.25, 0.3) is 0 Å². The van der Waals surface area contributed by atoms with E-state index in [1.165, 1.54) is 5.01 Å².